The van der Waals surface area contributed by atoms with Gasteiger partial charge in [0.2, 0.25) is 5.91 Å². The maximum atomic E-state index is 14.2. The van der Waals surface area contributed by atoms with E-state index in [1.165, 1.54) is 6.07 Å². The first-order chi connectivity index (χ1) is 19.9. The standard InChI is InChI=1S/C29H29F4N7O2/c1-16-22(40-11-5-8-20(26(40)35-16)42-14-17-18(30)6-4-7-19(17)31)25-36-23(21-24(37-25)38-27(41)28(21,2)3)34-10-13-39-12-9-29(32,33)15-39/h4-8,11H,9-10,12-15H2,1-3H3,(H2,34,36,37,38,41). The van der Waals surface area contributed by atoms with Crippen LogP contribution in [0.5, 0.6) is 5.75 Å². The molecule has 0 atom stereocenters. The van der Waals surface area contributed by atoms with Crippen LogP contribution in [-0.2, 0) is 16.8 Å². The molecule has 0 unspecified atom stereocenters. The van der Waals surface area contributed by atoms with E-state index < -0.39 is 23.0 Å². The average molecular weight is 584 g/mol. The zero-order valence-electron chi connectivity index (χ0n) is 23.3. The van der Waals surface area contributed by atoms with Crippen molar-refractivity contribution in [1.82, 2.24) is 24.3 Å². The van der Waals surface area contributed by atoms with Crippen LogP contribution < -0.4 is 15.4 Å². The number of pyridine rings is 1. The molecule has 0 saturated carbocycles. The number of amides is 1. The van der Waals surface area contributed by atoms with Gasteiger partial charge in [-0.05, 0) is 45.0 Å². The number of carbonyl (C=O) groups excluding carboxylic acids is 1. The average Bonchev–Trinajstić information content (AvgIpc) is 3.52. The van der Waals surface area contributed by atoms with E-state index in [4.69, 9.17) is 9.72 Å². The summed E-state index contributed by atoms with van der Waals surface area (Å²) in [5.41, 5.74) is 0.934. The van der Waals surface area contributed by atoms with Crippen LogP contribution in [0, 0.1) is 18.6 Å². The number of hydrogen-bond acceptors (Lipinski definition) is 7. The molecule has 0 radical (unpaired) electrons. The van der Waals surface area contributed by atoms with Crippen molar-refractivity contribution in [2.45, 2.75) is 45.1 Å². The second-order valence-electron chi connectivity index (χ2n) is 11.1. The van der Waals surface area contributed by atoms with Crippen LogP contribution in [0.25, 0.3) is 17.2 Å². The van der Waals surface area contributed by atoms with Crippen LogP contribution in [0.15, 0.2) is 36.5 Å². The van der Waals surface area contributed by atoms with Gasteiger partial charge in [-0.3, -0.25) is 14.1 Å². The zero-order valence-corrected chi connectivity index (χ0v) is 23.3. The normalized spacial score (nSPS) is 17.5. The van der Waals surface area contributed by atoms with Gasteiger partial charge in [-0.25, -0.2) is 32.5 Å². The van der Waals surface area contributed by atoms with Gasteiger partial charge < -0.3 is 15.4 Å². The maximum absolute atomic E-state index is 14.2. The molecule has 1 fully saturated rings. The van der Waals surface area contributed by atoms with Gasteiger partial charge in [0.05, 0.1) is 28.8 Å². The van der Waals surface area contributed by atoms with E-state index >= 15 is 0 Å². The maximum Gasteiger partial charge on any atom is 0.261 e. The number of imidazole rings is 1. The lowest BCUT2D eigenvalue weighted by Crippen LogP contribution is -2.31. The Balaban J connectivity index is 1.34. The fourth-order valence-corrected chi connectivity index (χ4v) is 5.44. The van der Waals surface area contributed by atoms with Crippen LogP contribution in [-0.4, -0.2) is 62.3 Å². The third-order valence-electron chi connectivity index (χ3n) is 7.74. The highest BCUT2D eigenvalue weighted by atomic mass is 19.3. The minimum Gasteiger partial charge on any atom is -0.485 e. The number of alkyl halides is 2. The van der Waals surface area contributed by atoms with Crippen molar-refractivity contribution in [3.8, 4) is 17.3 Å². The van der Waals surface area contributed by atoms with Gasteiger partial charge in [-0.1, -0.05) is 6.07 Å². The third-order valence-corrected chi connectivity index (χ3v) is 7.74. The van der Waals surface area contributed by atoms with E-state index in [-0.39, 0.29) is 36.9 Å². The summed E-state index contributed by atoms with van der Waals surface area (Å²) in [5, 5.41) is 6.09. The second-order valence-corrected chi connectivity index (χ2v) is 11.1. The predicted molar refractivity (Wildman–Crippen MR) is 148 cm³/mol. The first kappa shape index (κ1) is 27.9. The van der Waals surface area contributed by atoms with E-state index in [0.717, 1.165) is 12.1 Å². The molecular weight excluding hydrogens is 554 g/mol. The van der Waals surface area contributed by atoms with Crippen LogP contribution >= 0.6 is 0 Å². The van der Waals surface area contributed by atoms with Crippen LogP contribution in [0.1, 0.15) is 37.1 Å². The molecule has 1 amide bonds. The highest BCUT2D eigenvalue weighted by Gasteiger charge is 2.43. The number of fused-ring (bicyclic) bond motifs is 2. The third kappa shape index (κ3) is 4.91. The summed E-state index contributed by atoms with van der Waals surface area (Å²) >= 11 is 0. The van der Waals surface area contributed by atoms with E-state index in [1.807, 2.05) is 0 Å². The molecule has 0 bridgehead atoms. The highest BCUT2D eigenvalue weighted by Crippen LogP contribution is 2.42. The summed E-state index contributed by atoms with van der Waals surface area (Å²) in [6.45, 7) is 5.69. The fourth-order valence-electron chi connectivity index (χ4n) is 5.44. The number of anilines is 2. The molecule has 42 heavy (non-hydrogen) atoms. The molecule has 220 valence electrons. The number of hydrogen-bond donors (Lipinski definition) is 2. The van der Waals surface area contributed by atoms with Crippen molar-refractivity contribution in [2.24, 2.45) is 0 Å². The Labute approximate surface area is 238 Å². The smallest absolute Gasteiger partial charge is 0.261 e. The molecule has 9 nitrogen and oxygen atoms in total. The van der Waals surface area contributed by atoms with E-state index in [2.05, 4.69) is 20.6 Å². The number of aromatic nitrogens is 4. The number of benzene rings is 1. The predicted octanol–water partition coefficient (Wildman–Crippen LogP) is 4.94. The minimum absolute atomic E-state index is 0.167. The molecular formula is C29H29F4N7O2. The van der Waals surface area contributed by atoms with Gasteiger partial charge in [0.1, 0.15) is 35.6 Å². The Morgan fingerprint density at radius 1 is 1.10 bits per heavy atom. The molecule has 5 heterocycles. The molecule has 0 spiro atoms. The van der Waals surface area contributed by atoms with Crippen LogP contribution in [0.3, 0.4) is 0 Å². The number of carbonyl (C=O) groups is 1. The molecule has 2 N–H and O–H groups in total. The van der Waals surface area contributed by atoms with Crippen molar-refractivity contribution >= 4 is 23.2 Å². The van der Waals surface area contributed by atoms with Gasteiger partial charge >= 0.3 is 0 Å². The molecule has 1 saturated heterocycles. The number of aryl methyl sites for hydroxylation is 1. The molecule has 3 aromatic heterocycles. The quantitative estimate of drug-likeness (QED) is 0.284. The minimum atomic E-state index is -2.69. The lowest BCUT2D eigenvalue weighted by molar-refractivity contribution is -0.119. The largest absolute Gasteiger partial charge is 0.485 e. The molecule has 1 aromatic carbocycles. The lowest BCUT2D eigenvalue weighted by Gasteiger charge is -2.21. The van der Waals surface area contributed by atoms with Gasteiger partial charge in [0.25, 0.3) is 5.92 Å². The summed E-state index contributed by atoms with van der Waals surface area (Å²) in [7, 11) is 0. The molecule has 2 aliphatic rings. The molecule has 13 heteroatoms. The summed E-state index contributed by atoms with van der Waals surface area (Å²) in [4.78, 5) is 28.6. The Hall–Kier alpha value is -4.26. The van der Waals surface area contributed by atoms with Crippen LogP contribution in [0.4, 0.5) is 29.2 Å². The number of halogens is 4. The Morgan fingerprint density at radius 2 is 1.86 bits per heavy atom. The monoisotopic (exact) mass is 583 g/mol. The molecule has 2 aliphatic heterocycles. The summed E-state index contributed by atoms with van der Waals surface area (Å²) in [5.74, 6) is -3.02. The number of ether oxygens (including phenoxy) is 1. The van der Waals surface area contributed by atoms with Gasteiger partial charge in [0.15, 0.2) is 17.2 Å². The first-order valence-electron chi connectivity index (χ1n) is 13.6. The Morgan fingerprint density at radius 3 is 2.57 bits per heavy atom. The zero-order chi connectivity index (χ0) is 29.8. The molecule has 0 aliphatic carbocycles. The number of rotatable bonds is 8. The SMILES string of the molecule is Cc1nc2c(OCc3c(F)cccc3F)cccn2c1-c1nc(NCCN2CCC(F)(F)C2)c2c(n1)NC(=O)C2(C)C. The van der Waals surface area contributed by atoms with Crippen molar-refractivity contribution in [1.29, 1.82) is 0 Å². The van der Waals surface area contributed by atoms with Crippen molar-refractivity contribution < 1.29 is 27.1 Å². The van der Waals surface area contributed by atoms with Gasteiger partial charge in [-0.2, -0.15) is 0 Å². The van der Waals surface area contributed by atoms with Crippen molar-refractivity contribution in [2.75, 3.05) is 36.8 Å². The summed E-state index contributed by atoms with van der Waals surface area (Å²) in [6, 6.07) is 6.96. The Kier molecular flexibility index (Phi) is 6.79. The second kappa shape index (κ2) is 10.2. The van der Waals surface area contributed by atoms with E-state index in [1.54, 1.807) is 48.4 Å². The first-order valence-corrected chi connectivity index (χ1v) is 13.6. The summed E-state index contributed by atoms with van der Waals surface area (Å²) < 4.78 is 63.2. The fraction of sp³-hybridized carbons (Fsp3) is 0.379. The van der Waals surface area contributed by atoms with Gasteiger partial charge in [-0.15, -0.1) is 0 Å². The van der Waals surface area contributed by atoms with E-state index in [0.29, 0.717) is 59.6 Å². The number of nitrogens with zero attached hydrogens (tertiary/aromatic N) is 5. The van der Waals surface area contributed by atoms with Gasteiger partial charge in [0, 0.05) is 32.3 Å². The highest BCUT2D eigenvalue weighted by molar-refractivity contribution is 6.06. The Bertz CT molecular complexity index is 1690. The van der Waals surface area contributed by atoms with Crippen LogP contribution in [0.2, 0.25) is 0 Å². The molecule has 4 aromatic rings. The van der Waals surface area contributed by atoms with Crippen molar-refractivity contribution in [3.63, 3.8) is 0 Å². The summed E-state index contributed by atoms with van der Waals surface area (Å²) in [6.07, 6.45) is 1.57. The molecule has 6 rings (SSSR count). The van der Waals surface area contributed by atoms with E-state index in [9.17, 15) is 22.4 Å². The topological polar surface area (TPSA) is 96.7 Å². The number of nitrogens with one attached hydrogen (secondary N) is 2. The number of likely N-dealkylation sites (tertiary alicyclic amines) is 1. The van der Waals surface area contributed by atoms with Crippen molar-refractivity contribution in [3.05, 3.63) is 65.0 Å². The lowest BCUT2D eigenvalue weighted by atomic mass is 9.87.